The van der Waals surface area contributed by atoms with Gasteiger partial charge in [-0.1, -0.05) is 0 Å². The molecule has 1 amide bonds. The molecular formula is C16H24N4O3. The van der Waals surface area contributed by atoms with Crippen LogP contribution in [0.15, 0.2) is 6.33 Å². The maximum atomic E-state index is 12.9. The number of hydrogen-bond donors (Lipinski definition) is 0. The third-order valence-electron chi connectivity index (χ3n) is 5.31. The molecule has 7 nitrogen and oxygen atoms in total. The maximum absolute atomic E-state index is 12.9. The Labute approximate surface area is 136 Å². The van der Waals surface area contributed by atoms with Gasteiger partial charge < -0.3 is 19.3 Å². The van der Waals surface area contributed by atoms with Gasteiger partial charge in [0, 0.05) is 18.6 Å². The molecule has 3 heterocycles. The summed E-state index contributed by atoms with van der Waals surface area (Å²) in [5, 5.41) is 0. The van der Waals surface area contributed by atoms with Crippen molar-refractivity contribution in [2.24, 2.45) is 0 Å². The van der Waals surface area contributed by atoms with Gasteiger partial charge in [0.15, 0.2) is 5.56 Å². The minimum absolute atomic E-state index is 0.116. The van der Waals surface area contributed by atoms with Crippen molar-refractivity contribution in [2.45, 2.75) is 31.2 Å². The zero-order valence-electron chi connectivity index (χ0n) is 14.0. The van der Waals surface area contributed by atoms with Crippen molar-refractivity contribution in [2.75, 3.05) is 40.9 Å². The Bertz CT molecular complexity index is 562. The Kier molecular flexibility index (Phi) is 4.39. The molecule has 3 rings (SSSR count). The number of amides is 1. The first kappa shape index (κ1) is 16.0. The monoisotopic (exact) mass is 320 g/mol. The summed E-state index contributed by atoms with van der Waals surface area (Å²) in [6.07, 6.45) is 5.83. The molecule has 0 aliphatic carbocycles. The van der Waals surface area contributed by atoms with Gasteiger partial charge in [-0.05, 0) is 39.3 Å². The lowest BCUT2D eigenvalue weighted by Gasteiger charge is -2.43. The van der Waals surface area contributed by atoms with Gasteiger partial charge in [-0.25, -0.2) is 9.97 Å². The average Bonchev–Trinajstić information content (AvgIpc) is 2.94. The molecule has 0 radical (unpaired) electrons. The topological polar surface area (TPSA) is 67.8 Å². The van der Waals surface area contributed by atoms with E-state index in [2.05, 4.69) is 21.9 Å². The van der Waals surface area contributed by atoms with Gasteiger partial charge in [0.25, 0.3) is 5.91 Å². The van der Waals surface area contributed by atoms with E-state index in [9.17, 15) is 4.79 Å². The third-order valence-corrected chi connectivity index (χ3v) is 5.31. The van der Waals surface area contributed by atoms with Gasteiger partial charge in [-0.15, -0.1) is 0 Å². The van der Waals surface area contributed by atoms with Crippen molar-refractivity contribution < 1.29 is 14.3 Å². The minimum Gasteiger partial charge on any atom is -0.480 e. The van der Waals surface area contributed by atoms with Crippen molar-refractivity contribution in [3.63, 3.8) is 0 Å². The number of likely N-dealkylation sites (tertiary alicyclic amines) is 2. The van der Waals surface area contributed by atoms with E-state index in [1.807, 2.05) is 4.90 Å². The van der Waals surface area contributed by atoms with Gasteiger partial charge in [0.2, 0.25) is 11.8 Å². The van der Waals surface area contributed by atoms with Crippen LogP contribution < -0.4 is 9.47 Å². The fraction of sp³-hybridized carbons (Fsp3) is 0.688. The average molecular weight is 320 g/mol. The first-order chi connectivity index (χ1) is 11.1. The number of rotatable bonds is 3. The number of hydrogen-bond acceptors (Lipinski definition) is 6. The summed E-state index contributed by atoms with van der Waals surface area (Å²) in [6.45, 7) is 2.64. The van der Waals surface area contributed by atoms with Crippen LogP contribution in [0, 0.1) is 0 Å². The summed E-state index contributed by atoms with van der Waals surface area (Å²) in [5.41, 5.74) is 0.589. The highest BCUT2D eigenvalue weighted by atomic mass is 16.5. The first-order valence-electron chi connectivity index (χ1n) is 8.05. The van der Waals surface area contributed by atoms with E-state index >= 15 is 0 Å². The van der Waals surface area contributed by atoms with Gasteiger partial charge in [-0.2, -0.15) is 0 Å². The summed E-state index contributed by atoms with van der Waals surface area (Å²) >= 11 is 0. The summed E-state index contributed by atoms with van der Waals surface area (Å²) in [7, 11) is 5.19. The van der Waals surface area contributed by atoms with E-state index in [-0.39, 0.29) is 23.2 Å². The minimum atomic E-state index is -0.116. The van der Waals surface area contributed by atoms with Crippen LogP contribution in [0.25, 0.3) is 0 Å². The van der Waals surface area contributed by atoms with Crippen LogP contribution in [-0.2, 0) is 0 Å². The standard InChI is InChI=1S/C16H24N4O3/c1-19-8-4-5-16(19)6-9-20(10-7-16)15(21)12-13(22-2)17-11-18-14(12)23-3/h11H,4-10H2,1-3H3. The second kappa shape index (κ2) is 6.31. The molecular weight excluding hydrogens is 296 g/mol. The fourth-order valence-corrected chi connectivity index (χ4v) is 3.84. The number of carbonyl (C=O) groups excluding carboxylic acids is 1. The molecule has 0 aromatic carbocycles. The summed E-state index contributed by atoms with van der Waals surface area (Å²) in [5.74, 6) is 0.412. The zero-order chi connectivity index (χ0) is 16.4. The molecule has 1 aromatic rings. The number of ether oxygens (including phenoxy) is 2. The molecule has 0 N–H and O–H groups in total. The predicted molar refractivity (Wildman–Crippen MR) is 84.9 cm³/mol. The Hall–Kier alpha value is -1.89. The van der Waals surface area contributed by atoms with Crippen molar-refractivity contribution >= 4 is 5.91 Å². The van der Waals surface area contributed by atoms with Crippen LogP contribution in [0.4, 0.5) is 0 Å². The van der Waals surface area contributed by atoms with Crippen molar-refractivity contribution in [1.29, 1.82) is 0 Å². The van der Waals surface area contributed by atoms with Crippen LogP contribution in [-0.4, -0.2) is 72.1 Å². The van der Waals surface area contributed by atoms with Crippen LogP contribution in [0.3, 0.4) is 0 Å². The largest absolute Gasteiger partial charge is 0.480 e. The quantitative estimate of drug-likeness (QED) is 0.833. The van der Waals surface area contributed by atoms with Crippen molar-refractivity contribution in [3.8, 4) is 11.8 Å². The lowest BCUT2D eigenvalue weighted by molar-refractivity contribution is 0.0486. The second-order valence-electron chi connectivity index (χ2n) is 6.31. The van der Waals surface area contributed by atoms with E-state index in [1.165, 1.54) is 33.4 Å². The van der Waals surface area contributed by atoms with Crippen molar-refractivity contribution in [3.05, 3.63) is 11.9 Å². The Morgan fingerprint density at radius 2 is 1.70 bits per heavy atom. The molecule has 126 valence electrons. The van der Waals surface area contributed by atoms with E-state index in [0.29, 0.717) is 5.56 Å². The van der Waals surface area contributed by atoms with Crippen LogP contribution >= 0.6 is 0 Å². The molecule has 0 saturated carbocycles. The molecule has 23 heavy (non-hydrogen) atoms. The lowest BCUT2D eigenvalue weighted by Crippen LogP contribution is -2.52. The molecule has 7 heteroatoms. The summed E-state index contributed by atoms with van der Waals surface area (Å²) in [6, 6.07) is 0. The molecule has 2 aliphatic heterocycles. The SMILES string of the molecule is COc1ncnc(OC)c1C(=O)N1CCC2(CCCN2C)CC1. The normalized spacial score (nSPS) is 20.7. The predicted octanol–water partition coefficient (Wildman–Crippen LogP) is 1.19. The smallest absolute Gasteiger partial charge is 0.264 e. The second-order valence-corrected chi connectivity index (χ2v) is 6.31. The summed E-state index contributed by atoms with van der Waals surface area (Å²) < 4.78 is 10.4. The van der Waals surface area contributed by atoms with Gasteiger partial charge in [0.1, 0.15) is 6.33 Å². The number of carbonyl (C=O) groups is 1. The Morgan fingerprint density at radius 1 is 1.09 bits per heavy atom. The van der Waals surface area contributed by atoms with Crippen LogP contribution in [0.1, 0.15) is 36.0 Å². The third kappa shape index (κ3) is 2.73. The van der Waals surface area contributed by atoms with E-state index in [4.69, 9.17) is 9.47 Å². The molecule has 0 unspecified atom stereocenters. The molecule has 1 aromatic heterocycles. The Balaban J connectivity index is 1.78. The van der Waals surface area contributed by atoms with Gasteiger partial charge >= 0.3 is 0 Å². The number of methoxy groups -OCH3 is 2. The van der Waals surface area contributed by atoms with E-state index in [0.717, 1.165) is 32.5 Å². The zero-order valence-corrected chi connectivity index (χ0v) is 14.0. The fourth-order valence-electron chi connectivity index (χ4n) is 3.84. The van der Waals surface area contributed by atoms with Gasteiger partial charge in [-0.3, -0.25) is 4.79 Å². The number of aromatic nitrogens is 2. The number of nitrogens with zero attached hydrogens (tertiary/aromatic N) is 4. The highest BCUT2D eigenvalue weighted by molar-refractivity contribution is 5.98. The van der Waals surface area contributed by atoms with E-state index in [1.54, 1.807) is 0 Å². The van der Waals surface area contributed by atoms with Gasteiger partial charge in [0.05, 0.1) is 14.2 Å². The molecule has 1 spiro atoms. The molecule has 2 saturated heterocycles. The maximum Gasteiger partial charge on any atom is 0.264 e. The van der Waals surface area contributed by atoms with Crippen LogP contribution in [0.5, 0.6) is 11.8 Å². The summed E-state index contributed by atoms with van der Waals surface area (Å²) in [4.78, 5) is 25.3. The number of piperidine rings is 1. The van der Waals surface area contributed by atoms with Crippen molar-refractivity contribution in [1.82, 2.24) is 19.8 Å². The molecule has 0 atom stereocenters. The van der Waals surface area contributed by atoms with E-state index < -0.39 is 0 Å². The molecule has 2 fully saturated rings. The molecule has 0 bridgehead atoms. The van der Waals surface area contributed by atoms with Crippen LogP contribution in [0.2, 0.25) is 0 Å². The Morgan fingerprint density at radius 3 is 2.17 bits per heavy atom. The highest BCUT2D eigenvalue weighted by Crippen LogP contribution is 2.38. The first-order valence-corrected chi connectivity index (χ1v) is 8.05. The molecule has 2 aliphatic rings. The lowest BCUT2D eigenvalue weighted by atomic mass is 9.85. The highest BCUT2D eigenvalue weighted by Gasteiger charge is 2.42.